The largest absolute Gasteiger partial charge is 0.482 e. The first-order chi connectivity index (χ1) is 14.3. The molecule has 0 saturated carbocycles. The van der Waals surface area contributed by atoms with Gasteiger partial charge >= 0.3 is 0 Å². The van der Waals surface area contributed by atoms with Crippen molar-refractivity contribution in [1.29, 1.82) is 0 Å². The van der Waals surface area contributed by atoms with Crippen LogP contribution in [-0.2, 0) is 4.79 Å². The van der Waals surface area contributed by atoms with Crippen LogP contribution in [0.5, 0.6) is 5.75 Å². The van der Waals surface area contributed by atoms with Crippen LogP contribution in [0.3, 0.4) is 0 Å². The van der Waals surface area contributed by atoms with Crippen LogP contribution in [0.1, 0.15) is 0 Å². The summed E-state index contributed by atoms with van der Waals surface area (Å²) in [7, 11) is 0. The number of aromatic nitrogens is 2. The summed E-state index contributed by atoms with van der Waals surface area (Å²) in [5.41, 5.74) is 11.8. The highest BCUT2D eigenvalue weighted by Gasteiger charge is 2.12. The molecular formula is C18H14Cl4N6O2. The molecule has 1 amide bonds. The van der Waals surface area contributed by atoms with Gasteiger partial charge in [0, 0.05) is 5.02 Å². The van der Waals surface area contributed by atoms with Gasteiger partial charge in [0.05, 0.1) is 20.8 Å². The maximum atomic E-state index is 12.0. The number of amides is 1. The smallest absolute Gasteiger partial charge is 0.276 e. The van der Waals surface area contributed by atoms with Gasteiger partial charge in [0.15, 0.2) is 18.2 Å². The van der Waals surface area contributed by atoms with E-state index < -0.39 is 5.91 Å². The third kappa shape index (κ3) is 5.48. The summed E-state index contributed by atoms with van der Waals surface area (Å²) in [6.45, 7) is -0.303. The summed E-state index contributed by atoms with van der Waals surface area (Å²) in [4.78, 5) is 20.1. The highest BCUT2D eigenvalue weighted by Crippen LogP contribution is 2.33. The number of ether oxygens (including phenoxy) is 1. The SMILES string of the molecule is Nc1c(NNC(=O)COc2ccc(Cl)cc2Cl)ncnc1Nc1cccc(Cl)c1Cl. The standard InChI is InChI=1S/C18H14Cl4N6O2/c19-9-4-5-13(11(21)6-9)30-7-14(29)27-28-18-16(23)17(24-8-25-18)26-12-3-1-2-10(20)15(12)22/h1-6,8H,7,23H2,(H,27,29)(H2,24,25,26,28). The fourth-order valence-electron chi connectivity index (χ4n) is 2.22. The second kappa shape index (κ2) is 9.90. The molecule has 0 aliphatic carbocycles. The number of hydrazine groups is 1. The Bertz CT molecular complexity index is 1080. The Labute approximate surface area is 191 Å². The molecule has 0 spiro atoms. The van der Waals surface area contributed by atoms with Crippen LogP contribution >= 0.6 is 46.4 Å². The van der Waals surface area contributed by atoms with Gasteiger partial charge in [0.1, 0.15) is 17.8 Å². The molecule has 30 heavy (non-hydrogen) atoms. The van der Waals surface area contributed by atoms with Gasteiger partial charge in [-0.1, -0.05) is 52.5 Å². The predicted octanol–water partition coefficient (Wildman–Crippen LogP) is 4.94. The molecule has 0 radical (unpaired) electrons. The number of benzene rings is 2. The van der Waals surface area contributed by atoms with Crippen molar-refractivity contribution in [2.45, 2.75) is 0 Å². The molecule has 2 aromatic carbocycles. The van der Waals surface area contributed by atoms with Gasteiger partial charge in [-0.25, -0.2) is 9.97 Å². The minimum atomic E-state index is -0.494. The van der Waals surface area contributed by atoms with Crippen molar-refractivity contribution in [3.63, 3.8) is 0 Å². The second-order valence-corrected chi connectivity index (χ2v) is 7.38. The maximum absolute atomic E-state index is 12.0. The molecule has 3 rings (SSSR count). The zero-order chi connectivity index (χ0) is 21.7. The number of nitrogens with one attached hydrogen (secondary N) is 3. The van der Waals surface area contributed by atoms with E-state index in [-0.39, 0.29) is 23.9 Å². The lowest BCUT2D eigenvalue weighted by atomic mass is 10.3. The lowest BCUT2D eigenvalue weighted by Crippen LogP contribution is -2.34. The van der Waals surface area contributed by atoms with E-state index >= 15 is 0 Å². The number of rotatable bonds is 7. The van der Waals surface area contributed by atoms with E-state index in [1.807, 2.05) is 0 Å². The monoisotopic (exact) mass is 486 g/mol. The van der Waals surface area contributed by atoms with Gasteiger partial charge in [0.2, 0.25) is 0 Å². The van der Waals surface area contributed by atoms with Crippen LogP contribution in [0.2, 0.25) is 20.1 Å². The van der Waals surface area contributed by atoms with Crippen molar-refractivity contribution in [3.8, 4) is 5.75 Å². The molecule has 1 aromatic heterocycles. The first kappa shape index (κ1) is 22.0. The number of anilines is 4. The molecule has 3 aromatic rings. The number of hydrogen-bond donors (Lipinski definition) is 4. The Balaban J connectivity index is 1.61. The summed E-state index contributed by atoms with van der Waals surface area (Å²) in [6.07, 6.45) is 1.26. The minimum Gasteiger partial charge on any atom is -0.482 e. The summed E-state index contributed by atoms with van der Waals surface area (Å²) in [5.74, 6) is 0.271. The molecule has 1 heterocycles. The van der Waals surface area contributed by atoms with E-state index in [2.05, 4.69) is 26.1 Å². The van der Waals surface area contributed by atoms with Crippen LogP contribution in [0.4, 0.5) is 23.0 Å². The first-order valence-corrected chi connectivity index (χ1v) is 9.80. The fourth-order valence-corrected chi connectivity index (χ4v) is 3.03. The first-order valence-electron chi connectivity index (χ1n) is 8.29. The maximum Gasteiger partial charge on any atom is 0.276 e. The zero-order valence-electron chi connectivity index (χ0n) is 15.0. The summed E-state index contributed by atoms with van der Waals surface area (Å²) in [6, 6.07) is 9.76. The summed E-state index contributed by atoms with van der Waals surface area (Å²) in [5, 5.41) is 4.41. The van der Waals surface area contributed by atoms with Crippen molar-refractivity contribution < 1.29 is 9.53 Å². The van der Waals surface area contributed by atoms with E-state index in [9.17, 15) is 4.79 Å². The predicted molar refractivity (Wildman–Crippen MR) is 120 cm³/mol. The van der Waals surface area contributed by atoms with E-state index in [0.29, 0.717) is 31.5 Å². The van der Waals surface area contributed by atoms with Crippen LogP contribution in [-0.4, -0.2) is 22.5 Å². The molecular weight excluding hydrogens is 474 g/mol. The second-order valence-electron chi connectivity index (χ2n) is 5.75. The van der Waals surface area contributed by atoms with Crippen LogP contribution in [0.15, 0.2) is 42.7 Å². The fraction of sp³-hybridized carbons (Fsp3) is 0.0556. The number of hydrogen-bond acceptors (Lipinski definition) is 7. The quantitative estimate of drug-likeness (QED) is 0.349. The highest BCUT2D eigenvalue weighted by atomic mass is 35.5. The molecule has 8 nitrogen and oxygen atoms in total. The molecule has 0 unspecified atom stereocenters. The Hall–Kier alpha value is -2.65. The summed E-state index contributed by atoms with van der Waals surface area (Å²) >= 11 is 24.0. The molecule has 0 bridgehead atoms. The Morgan fingerprint density at radius 2 is 1.80 bits per heavy atom. The molecule has 0 aliphatic heterocycles. The Morgan fingerprint density at radius 3 is 2.57 bits per heavy atom. The van der Waals surface area contributed by atoms with Gasteiger partial charge in [0.25, 0.3) is 5.91 Å². The third-order valence-corrected chi connectivity index (χ3v) is 5.01. The van der Waals surface area contributed by atoms with Crippen molar-refractivity contribution in [3.05, 3.63) is 62.8 Å². The van der Waals surface area contributed by atoms with Gasteiger partial charge in [-0.2, -0.15) is 0 Å². The van der Waals surface area contributed by atoms with Crippen molar-refractivity contribution in [1.82, 2.24) is 15.4 Å². The molecule has 0 fully saturated rings. The lowest BCUT2D eigenvalue weighted by molar-refractivity contribution is -0.122. The molecule has 12 heteroatoms. The number of carbonyl (C=O) groups is 1. The lowest BCUT2D eigenvalue weighted by Gasteiger charge is -2.14. The zero-order valence-corrected chi connectivity index (χ0v) is 18.1. The molecule has 0 atom stereocenters. The normalized spacial score (nSPS) is 10.4. The Morgan fingerprint density at radius 1 is 1.03 bits per heavy atom. The molecule has 0 saturated heterocycles. The van der Waals surface area contributed by atoms with Gasteiger partial charge < -0.3 is 15.8 Å². The minimum absolute atomic E-state index is 0.149. The highest BCUT2D eigenvalue weighted by molar-refractivity contribution is 6.43. The topological polar surface area (TPSA) is 114 Å². The van der Waals surface area contributed by atoms with Crippen LogP contribution < -0.4 is 26.6 Å². The number of nitrogens with two attached hydrogens (primary N) is 1. The van der Waals surface area contributed by atoms with Crippen LogP contribution in [0, 0.1) is 0 Å². The van der Waals surface area contributed by atoms with Gasteiger partial charge in [-0.05, 0) is 30.3 Å². The average Bonchev–Trinajstić information content (AvgIpc) is 2.71. The number of halogens is 4. The Kier molecular flexibility index (Phi) is 7.28. The van der Waals surface area contributed by atoms with Crippen molar-refractivity contribution in [2.24, 2.45) is 0 Å². The van der Waals surface area contributed by atoms with E-state index in [1.54, 1.807) is 30.3 Å². The van der Waals surface area contributed by atoms with Crippen molar-refractivity contribution in [2.75, 3.05) is 23.1 Å². The molecule has 0 aliphatic rings. The van der Waals surface area contributed by atoms with Crippen molar-refractivity contribution >= 4 is 75.3 Å². The number of nitrogens with zero attached hydrogens (tertiary/aromatic N) is 2. The van der Waals surface area contributed by atoms with E-state index in [1.165, 1.54) is 12.4 Å². The molecule has 156 valence electrons. The third-order valence-electron chi connectivity index (χ3n) is 3.66. The van der Waals surface area contributed by atoms with Gasteiger partial charge in [-0.15, -0.1) is 0 Å². The van der Waals surface area contributed by atoms with Gasteiger partial charge in [-0.3, -0.25) is 15.6 Å². The van der Waals surface area contributed by atoms with Crippen LogP contribution in [0.25, 0.3) is 0 Å². The number of carbonyl (C=O) groups excluding carboxylic acids is 1. The van der Waals surface area contributed by atoms with E-state index in [4.69, 9.17) is 56.9 Å². The molecule has 5 N–H and O–H groups in total. The number of nitrogen functional groups attached to an aromatic ring is 1. The average molecular weight is 488 g/mol. The van der Waals surface area contributed by atoms with E-state index in [0.717, 1.165) is 0 Å². The summed E-state index contributed by atoms with van der Waals surface area (Å²) < 4.78 is 5.35.